The fourth-order valence-electron chi connectivity index (χ4n) is 3.51. The van der Waals surface area contributed by atoms with Crippen molar-refractivity contribution in [1.82, 2.24) is 24.3 Å². The highest BCUT2D eigenvalue weighted by atomic mass is 35.5. The minimum Gasteiger partial charge on any atom is -0.319 e. The van der Waals surface area contributed by atoms with Crippen LogP contribution in [0.25, 0.3) is 16.8 Å². The van der Waals surface area contributed by atoms with Crippen molar-refractivity contribution in [3.8, 4) is 0 Å². The molecule has 178 valence electrons. The van der Waals surface area contributed by atoms with Crippen molar-refractivity contribution in [1.29, 1.82) is 0 Å². The number of nitrogens with zero attached hydrogens (tertiary/aromatic N) is 4. The Morgan fingerprint density at radius 1 is 1.09 bits per heavy atom. The molecule has 1 amide bonds. The molecule has 0 bridgehead atoms. The first-order valence-corrected chi connectivity index (χ1v) is 11.7. The maximum Gasteiger partial charge on any atom is 0.435 e. The van der Waals surface area contributed by atoms with Crippen molar-refractivity contribution in [2.75, 3.05) is 5.32 Å². The van der Waals surface area contributed by atoms with Gasteiger partial charge in [-0.15, -0.1) is 0 Å². The highest BCUT2D eigenvalue weighted by molar-refractivity contribution is 7.98. The summed E-state index contributed by atoms with van der Waals surface area (Å²) in [5.74, 6) is -0.764. The molecule has 0 unspecified atom stereocenters. The Bertz CT molecular complexity index is 1530. The van der Waals surface area contributed by atoms with Crippen molar-refractivity contribution in [2.45, 2.75) is 17.1 Å². The number of pyridine rings is 2. The summed E-state index contributed by atoms with van der Waals surface area (Å²) in [6.45, 7) is 0. The van der Waals surface area contributed by atoms with Crippen LogP contribution in [0.3, 0.4) is 0 Å². The molecular weight excluding hydrogens is 524 g/mol. The van der Waals surface area contributed by atoms with E-state index in [0.717, 1.165) is 11.8 Å². The van der Waals surface area contributed by atoms with Crippen LogP contribution in [0, 0.1) is 0 Å². The van der Waals surface area contributed by atoms with Gasteiger partial charge in [-0.2, -0.15) is 13.2 Å². The number of nitrogens with one attached hydrogen (secondary N) is 2. The third-order valence-corrected chi connectivity index (χ3v) is 6.55. The lowest BCUT2D eigenvalue weighted by Gasteiger charge is -2.10. The van der Waals surface area contributed by atoms with Crippen molar-refractivity contribution in [3.63, 3.8) is 0 Å². The van der Waals surface area contributed by atoms with Crippen molar-refractivity contribution in [2.24, 2.45) is 0 Å². The van der Waals surface area contributed by atoms with Crippen LogP contribution in [0.1, 0.15) is 21.7 Å². The number of halogens is 5. The molecule has 4 heterocycles. The summed E-state index contributed by atoms with van der Waals surface area (Å²) >= 11 is 13.3. The quantitative estimate of drug-likeness (QED) is 0.251. The van der Waals surface area contributed by atoms with E-state index in [1.54, 1.807) is 24.4 Å². The van der Waals surface area contributed by atoms with Gasteiger partial charge in [0.2, 0.25) is 0 Å². The second-order valence-electron chi connectivity index (χ2n) is 7.27. The van der Waals surface area contributed by atoms with E-state index in [-0.39, 0.29) is 38.4 Å². The number of imidazole rings is 2. The Hall–Kier alpha value is -3.28. The molecular formula is C22H13Cl2F3N6OS. The minimum atomic E-state index is -4.72. The molecule has 5 rings (SSSR count). The fourth-order valence-corrected chi connectivity index (χ4v) is 4.96. The van der Waals surface area contributed by atoms with Crippen LogP contribution in [0.2, 0.25) is 10.0 Å². The molecule has 0 saturated carbocycles. The molecule has 4 aromatic heterocycles. The molecule has 0 atom stereocenters. The average molecular weight is 537 g/mol. The van der Waals surface area contributed by atoms with E-state index in [1.807, 2.05) is 0 Å². The number of aromatic nitrogens is 5. The average Bonchev–Trinajstić information content (AvgIpc) is 3.39. The monoisotopic (exact) mass is 536 g/mol. The summed E-state index contributed by atoms with van der Waals surface area (Å²) in [6, 6.07) is 11.0. The number of amides is 1. The molecule has 0 fully saturated rings. The molecule has 0 radical (unpaired) electrons. The van der Waals surface area contributed by atoms with E-state index in [2.05, 4.69) is 25.3 Å². The standard InChI is InChI=1S/C22H13Cl2F3N6OS/c23-11-4-1-5-12(24)16(11)20(34)29-14-7-3-9-33-15(17(22(25,26)27)31-19(14)33)10-35-21-30-13-6-2-8-28-18(13)32-21/h1-9H,10H2,(H,29,34)(H,28,30,32). The first-order valence-electron chi connectivity index (χ1n) is 9.98. The Kier molecular flexibility index (Phi) is 6.07. The Morgan fingerprint density at radius 3 is 2.57 bits per heavy atom. The van der Waals surface area contributed by atoms with Gasteiger partial charge in [-0.1, -0.05) is 41.0 Å². The molecule has 2 N–H and O–H groups in total. The van der Waals surface area contributed by atoms with E-state index >= 15 is 0 Å². The minimum absolute atomic E-state index is 0.00899. The zero-order chi connectivity index (χ0) is 24.7. The molecule has 5 aromatic rings. The zero-order valence-electron chi connectivity index (χ0n) is 17.4. The van der Waals surface area contributed by atoms with Crippen molar-refractivity contribution < 1.29 is 18.0 Å². The second-order valence-corrected chi connectivity index (χ2v) is 9.05. The van der Waals surface area contributed by atoms with Gasteiger partial charge in [0.1, 0.15) is 5.52 Å². The van der Waals surface area contributed by atoms with E-state index in [0.29, 0.717) is 16.3 Å². The van der Waals surface area contributed by atoms with Gasteiger partial charge in [0, 0.05) is 18.1 Å². The van der Waals surface area contributed by atoms with Crippen LogP contribution in [0.15, 0.2) is 60.0 Å². The maximum atomic E-state index is 13.9. The predicted octanol–water partition coefficient (Wildman–Crippen LogP) is 6.48. The molecule has 35 heavy (non-hydrogen) atoms. The van der Waals surface area contributed by atoms with Gasteiger partial charge in [-0.25, -0.2) is 15.0 Å². The SMILES string of the molecule is O=C(Nc1cccn2c(CSc3nc4cccnc4[nH]3)c(C(F)(F)F)nc12)c1c(Cl)cccc1Cl. The molecule has 0 saturated heterocycles. The molecule has 0 aliphatic rings. The number of aromatic amines is 1. The van der Waals surface area contributed by atoms with Gasteiger partial charge in [-0.05, 0) is 36.4 Å². The highest BCUT2D eigenvalue weighted by Gasteiger charge is 2.38. The first-order chi connectivity index (χ1) is 16.7. The summed E-state index contributed by atoms with van der Waals surface area (Å²) in [6.07, 6.45) is -1.68. The summed E-state index contributed by atoms with van der Waals surface area (Å²) in [5.41, 5.74) is -0.00884. The highest BCUT2D eigenvalue weighted by Crippen LogP contribution is 2.36. The summed E-state index contributed by atoms with van der Waals surface area (Å²) < 4.78 is 43.0. The fraction of sp³-hybridized carbons (Fsp3) is 0.0909. The van der Waals surface area contributed by atoms with E-state index in [1.165, 1.54) is 34.9 Å². The number of carbonyl (C=O) groups is 1. The first kappa shape index (κ1) is 23.5. The number of H-pyrrole nitrogens is 1. The number of thioether (sulfide) groups is 1. The zero-order valence-corrected chi connectivity index (χ0v) is 19.7. The normalized spacial score (nSPS) is 11.9. The van der Waals surface area contributed by atoms with Crippen LogP contribution in [-0.4, -0.2) is 30.2 Å². The smallest absolute Gasteiger partial charge is 0.319 e. The maximum absolute atomic E-state index is 13.9. The lowest BCUT2D eigenvalue weighted by Crippen LogP contribution is -2.14. The van der Waals surface area contributed by atoms with Gasteiger partial charge in [-0.3, -0.25) is 4.79 Å². The Labute approximate surface area is 209 Å². The Morgan fingerprint density at radius 2 is 1.86 bits per heavy atom. The molecule has 0 aliphatic heterocycles. The Balaban J connectivity index is 1.51. The molecule has 7 nitrogen and oxygen atoms in total. The molecule has 1 aromatic carbocycles. The lowest BCUT2D eigenvalue weighted by molar-refractivity contribution is -0.141. The molecule has 0 spiro atoms. The number of hydrogen-bond donors (Lipinski definition) is 2. The third-order valence-electron chi connectivity index (χ3n) is 5.03. The number of fused-ring (bicyclic) bond motifs is 2. The molecule has 0 aliphatic carbocycles. The van der Waals surface area contributed by atoms with Crippen molar-refractivity contribution >= 4 is 63.4 Å². The number of anilines is 1. The van der Waals surface area contributed by atoms with Gasteiger partial charge >= 0.3 is 6.18 Å². The summed E-state index contributed by atoms with van der Waals surface area (Å²) in [7, 11) is 0. The largest absolute Gasteiger partial charge is 0.435 e. The van der Waals surface area contributed by atoms with Crippen LogP contribution in [0.4, 0.5) is 18.9 Å². The lowest BCUT2D eigenvalue weighted by atomic mass is 10.2. The van der Waals surface area contributed by atoms with Crippen LogP contribution in [-0.2, 0) is 11.9 Å². The number of hydrogen-bond acceptors (Lipinski definition) is 5. The van der Waals surface area contributed by atoms with E-state index in [4.69, 9.17) is 23.2 Å². The number of alkyl halides is 3. The predicted molar refractivity (Wildman–Crippen MR) is 128 cm³/mol. The van der Waals surface area contributed by atoms with Gasteiger partial charge in [0.25, 0.3) is 5.91 Å². The van der Waals surface area contributed by atoms with Crippen molar-refractivity contribution in [3.05, 3.63) is 81.9 Å². The topological polar surface area (TPSA) is 88.0 Å². The second kappa shape index (κ2) is 9.06. The summed E-state index contributed by atoms with van der Waals surface area (Å²) in [4.78, 5) is 28.1. The van der Waals surface area contributed by atoms with Crippen LogP contribution in [0.5, 0.6) is 0 Å². The van der Waals surface area contributed by atoms with E-state index < -0.39 is 17.8 Å². The third kappa shape index (κ3) is 4.54. The van der Waals surface area contributed by atoms with Crippen LogP contribution < -0.4 is 5.32 Å². The van der Waals surface area contributed by atoms with Gasteiger partial charge in [0.15, 0.2) is 22.1 Å². The van der Waals surface area contributed by atoms with Gasteiger partial charge < -0.3 is 14.7 Å². The van der Waals surface area contributed by atoms with Crippen LogP contribution >= 0.6 is 35.0 Å². The number of rotatable bonds is 5. The molecule has 13 heteroatoms. The van der Waals surface area contributed by atoms with Gasteiger partial charge in [0.05, 0.1) is 27.0 Å². The summed E-state index contributed by atoms with van der Waals surface area (Å²) in [5, 5.41) is 3.21. The number of benzene rings is 1. The van der Waals surface area contributed by atoms with E-state index in [9.17, 15) is 18.0 Å². The number of carbonyl (C=O) groups excluding carboxylic acids is 1.